The van der Waals surface area contributed by atoms with Gasteiger partial charge in [-0.2, -0.15) is 0 Å². The van der Waals surface area contributed by atoms with Gasteiger partial charge in [-0.15, -0.1) is 0 Å². The molecule has 1 atom stereocenters. The van der Waals surface area contributed by atoms with Gasteiger partial charge in [-0.25, -0.2) is 0 Å². The first-order valence-corrected chi connectivity index (χ1v) is 8.87. The zero-order valence-corrected chi connectivity index (χ0v) is 15.0. The number of hydrogen-bond acceptors (Lipinski definition) is 5. The van der Waals surface area contributed by atoms with E-state index in [-0.39, 0.29) is 5.91 Å². The fourth-order valence-corrected chi connectivity index (χ4v) is 3.34. The average Bonchev–Trinajstić information content (AvgIpc) is 3.08. The van der Waals surface area contributed by atoms with Crippen LogP contribution in [0.3, 0.4) is 0 Å². The molecule has 0 radical (unpaired) electrons. The second-order valence-corrected chi connectivity index (χ2v) is 6.20. The van der Waals surface area contributed by atoms with Crippen molar-refractivity contribution >= 4 is 5.91 Å². The number of morpholine rings is 1. The van der Waals surface area contributed by atoms with Gasteiger partial charge in [0, 0.05) is 32.8 Å². The van der Waals surface area contributed by atoms with Gasteiger partial charge in [0.25, 0.3) is 5.91 Å². The van der Waals surface area contributed by atoms with Crippen molar-refractivity contribution in [3.05, 3.63) is 23.7 Å². The molecule has 24 heavy (non-hydrogen) atoms. The van der Waals surface area contributed by atoms with Crippen molar-refractivity contribution < 1.29 is 18.7 Å². The lowest BCUT2D eigenvalue weighted by atomic mass is 9.92. The third kappa shape index (κ3) is 5.06. The lowest BCUT2D eigenvalue weighted by Gasteiger charge is -2.38. The number of nitrogens with one attached hydrogen (secondary N) is 1. The number of carbonyl (C=O) groups excluding carboxylic acids is 1. The number of methoxy groups -OCH3 is 1. The molecule has 1 aromatic heterocycles. The summed E-state index contributed by atoms with van der Waals surface area (Å²) < 4.78 is 16.0. The van der Waals surface area contributed by atoms with Crippen LogP contribution in [0.4, 0.5) is 0 Å². The molecule has 1 aliphatic rings. The van der Waals surface area contributed by atoms with Gasteiger partial charge in [0.15, 0.2) is 5.76 Å². The highest BCUT2D eigenvalue weighted by atomic mass is 16.5. The minimum Gasteiger partial charge on any atom is -0.453 e. The summed E-state index contributed by atoms with van der Waals surface area (Å²) in [5, 5.41) is 3.04. The fourth-order valence-electron chi connectivity index (χ4n) is 3.34. The predicted octanol–water partition coefficient (Wildman–Crippen LogP) is 2.29. The molecule has 0 spiro atoms. The predicted molar refractivity (Wildman–Crippen MR) is 92.0 cm³/mol. The number of hydrogen-bond donors (Lipinski definition) is 1. The largest absolute Gasteiger partial charge is 0.453 e. The first kappa shape index (κ1) is 19.0. The van der Waals surface area contributed by atoms with Crippen LogP contribution in [0, 0.1) is 5.92 Å². The van der Waals surface area contributed by atoms with E-state index in [0.29, 0.717) is 36.6 Å². The average molecular weight is 338 g/mol. The summed E-state index contributed by atoms with van der Waals surface area (Å²) >= 11 is 0. The Morgan fingerprint density at radius 3 is 2.62 bits per heavy atom. The molecule has 0 aliphatic carbocycles. The summed E-state index contributed by atoms with van der Waals surface area (Å²) in [7, 11) is 1.60. The monoisotopic (exact) mass is 338 g/mol. The van der Waals surface area contributed by atoms with Crippen molar-refractivity contribution in [2.75, 3.05) is 40.0 Å². The Morgan fingerprint density at radius 1 is 1.29 bits per heavy atom. The van der Waals surface area contributed by atoms with Gasteiger partial charge in [-0.1, -0.05) is 26.7 Å². The molecule has 0 bridgehead atoms. The van der Waals surface area contributed by atoms with Crippen molar-refractivity contribution in [2.45, 2.75) is 39.3 Å². The summed E-state index contributed by atoms with van der Waals surface area (Å²) in [6, 6.07) is 3.81. The molecular weight excluding hydrogens is 308 g/mol. The third-order valence-electron chi connectivity index (χ3n) is 4.75. The molecule has 0 saturated carbocycles. The van der Waals surface area contributed by atoms with Crippen LogP contribution in [0.5, 0.6) is 0 Å². The van der Waals surface area contributed by atoms with E-state index >= 15 is 0 Å². The highest BCUT2D eigenvalue weighted by molar-refractivity contribution is 5.91. The lowest BCUT2D eigenvalue weighted by molar-refractivity contribution is 0.00184. The number of rotatable bonds is 9. The van der Waals surface area contributed by atoms with Crippen LogP contribution in [-0.2, 0) is 16.1 Å². The van der Waals surface area contributed by atoms with Crippen molar-refractivity contribution in [1.29, 1.82) is 0 Å². The summed E-state index contributed by atoms with van der Waals surface area (Å²) in [6.07, 6.45) is 2.21. The minimum atomic E-state index is -0.165. The first-order valence-electron chi connectivity index (χ1n) is 8.87. The topological polar surface area (TPSA) is 63.9 Å². The Hall–Kier alpha value is -1.37. The van der Waals surface area contributed by atoms with Gasteiger partial charge in [-0.3, -0.25) is 9.69 Å². The van der Waals surface area contributed by atoms with E-state index in [2.05, 4.69) is 24.1 Å². The maximum absolute atomic E-state index is 12.4. The number of ether oxygens (including phenoxy) is 2. The molecular formula is C18H30N2O4. The van der Waals surface area contributed by atoms with E-state index in [1.165, 1.54) is 0 Å². The van der Waals surface area contributed by atoms with E-state index in [1.54, 1.807) is 19.2 Å². The minimum absolute atomic E-state index is 0.165. The van der Waals surface area contributed by atoms with Crippen LogP contribution < -0.4 is 5.32 Å². The van der Waals surface area contributed by atoms with Gasteiger partial charge in [0.1, 0.15) is 12.4 Å². The zero-order valence-electron chi connectivity index (χ0n) is 15.0. The molecule has 136 valence electrons. The van der Waals surface area contributed by atoms with E-state index < -0.39 is 0 Å². The molecule has 6 nitrogen and oxygen atoms in total. The Morgan fingerprint density at radius 2 is 2.00 bits per heavy atom. The van der Waals surface area contributed by atoms with Crippen LogP contribution in [0.25, 0.3) is 0 Å². The van der Waals surface area contributed by atoms with Gasteiger partial charge in [0.2, 0.25) is 0 Å². The van der Waals surface area contributed by atoms with E-state index in [0.717, 1.165) is 39.1 Å². The standard InChI is InChI=1S/C18H30N2O4/c1-4-14(5-2)16(20-8-10-23-11-9-20)12-19-18(21)17-7-6-15(24-17)13-22-3/h6-7,14,16H,4-5,8-13H2,1-3H3,(H,19,21). The molecule has 1 unspecified atom stereocenters. The molecule has 1 saturated heterocycles. The molecule has 1 fully saturated rings. The van der Waals surface area contributed by atoms with E-state index in [4.69, 9.17) is 13.9 Å². The normalized spacial score (nSPS) is 17.2. The van der Waals surface area contributed by atoms with Crippen LogP contribution in [0.1, 0.15) is 43.0 Å². The van der Waals surface area contributed by atoms with E-state index in [1.807, 2.05) is 0 Å². The molecule has 1 N–H and O–H groups in total. The molecule has 1 aliphatic heterocycles. The van der Waals surface area contributed by atoms with Crippen LogP contribution in [0.15, 0.2) is 16.5 Å². The number of carbonyl (C=O) groups is 1. The van der Waals surface area contributed by atoms with Crippen molar-refractivity contribution in [1.82, 2.24) is 10.2 Å². The molecule has 1 amide bonds. The molecule has 2 heterocycles. The fraction of sp³-hybridized carbons (Fsp3) is 0.722. The van der Waals surface area contributed by atoms with Gasteiger partial charge >= 0.3 is 0 Å². The number of nitrogens with zero attached hydrogens (tertiary/aromatic N) is 1. The summed E-state index contributed by atoms with van der Waals surface area (Å²) in [5.41, 5.74) is 0. The zero-order chi connectivity index (χ0) is 17.4. The van der Waals surface area contributed by atoms with Crippen molar-refractivity contribution in [2.24, 2.45) is 5.92 Å². The van der Waals surface area contributed by atoms with Crippen molar-refractivity contribution in [3.8, 4) is 0 Å². The second-order valence-electron chi connectivity index (χ2n) is 6.20. The Kier molecular flexibility index (Phi) is 7.75. The molecule has 0 aromatic carbocycles. The number of furan rings is 1. The SMILES string of the molecule is CCC(CC)C(CNC(=O)c1ccc(COC)o1)N1CCOCC1. The van der Waals surface area contributed by atoms with Gasteiger partial charge < -0.3 is 19.2 Å². The lowest BCUT2D eigenvalue weighted by Crippen LogP contribution is -2.52. The summed E-state index contributed by atoms with van der Waals surface area (Å²) in [5.74, 6) is 1.39. The van der Waals surface area contributed by atoms with Crippen molar-refractivity contribution in [3.63, 3.8) is 0 Å². The Balaban J connectivity index is 1.96. The van der Waals surface area contributed by atoms with Gasteiger partial charge in [0.05, 0.1) is 13.2 Å². The van der Waals surface area contributed by atoms with Crippen LogP contribution >= 0.6 is 0 Å². The highest BCUT2D eigenvalue weighted by Gasteiger charge is 2.27. The Bertz CT molecular complexity index is 493. The quantitative estimate of drug-likeness (QED) is 0.748. The summed E-state index contributed by atoms with van der Waals surface area (Å²) in [4.78, 5) is 14.8. The first-order chi connectivity index (χ1) is 11.7. The Labute approximate surface area is 144 Å². The highest BCUT2D eigenvalue weighted by Crippen LogP contribution is 2.20. The molecule has 2 rings (SSSR count). The molecule has 6 heteroatoms. The van der Waals surface area contributed by atoms with E-state index in [9.17, 15) is 4.79 Å². The van der Waals surface area contributed by atoms with Gasteiger partial charge in [-0.05, 0) is 18.1 Å². The smallest absolute Gasteiger partial charge is 0.287 e. The summed E-state index contributed by atoms with van der Waals surface area (Å²) in [6.45, 7) is 8.82. The second kappa shape index (κ2) is 9.81. The van der Waals surface area contributed by atoms with Crippen LogP contribution in [0.2, 0.25) is 0 Å². The van der Waals surface area contributed by atoms with Crippen LogP contribution in [-0.4, -0.2) is 56.8 Å². The maximum Gasteiger partial charge on any atom is 0.287 e. The third-order valence-corrected chi connectivity index (χ3v) is 4.75. The maximum atomic E-state index is 12.4. The number of amides is 1. The molecule has 1 aromatic rings.